The summed E-state index contributed by atoms with van der Waals surface area (Å²) in [7, 11) is 1.35. The van der Waals surface area contributed by atoms with Gasteiger partial charge in [-0.3, -0.25) is 4.79 Å². The lowest BCUT2D eigenvalue weighted by molar-refractivity contribution is -0.139. The van der Waals surface area contributed by atoms with Crippen molar-refractivity contribution in [3.8, 4) is 0 Å². The molecule has 2 nitrogen and oxygen atoms in total. The van der Waals surface area contributed by atoms with Gasteiger partial charge in [-0.25, -0.2) is 4.39 Å². The summed E-state index contributed by atoms with van der Waals surface area (Å²) >= 11 is 0. The van der Waals surface area contributed by atoms with E-state index in [1.807, 2.05) is 6.08 Å². The molecule has 3 heteroatoms. The van der Waals surface area contributed by atoms with Crippen molar-refractivity contribution >= 4 is 11.5 Å². The normalized spacial score (nSPS) is 13.3. The minimum atomic E-state index is -0.293. The first kappa shape index (κ1) is 9.90. The van der Waals surface area contributed by atoms with E-state index in [-0.39, 0.29) is 18.2 Å². The lowest BCUT2D eigenvalue weighted by atomic mass is 10.0. The molecule has 0 fully saturated rings. The van der Waals surface area contributed by atoms with E-state index in [1.165, 1.54) is 19.2 Å². The van der Waals surface area contributed by atoms with Gasteiger partial charge < -0.3 is 4.74 Å². The summed E-state index contributed by atoms with van der Waals surface area (Å²) in [5.74, 6) is -0.565. The number of methoxy groups -OCH3 is 1. The zero-order valence-corrected chi connectivity index (χ0v) is 8.42. The van der Waals surface area contributed by atoms with E-state index in [2.05, 4.69) is 4.74 Å². The van der Waals surface area contributed by atoms with Crippen LogP contribution in [0.2, 0.25) is 0 Å². The van der Waals surface area contributed by atoms with E-state index in [0.29, 0.717) is 0 Å². The molecular weight excluding hydrogens is 195 g/mol. The Morgan fingerprint density at radius 2 is 2.33 bits per heavy atom. The summed E-state index contributed by atoms with van der Waals surface area (Å²) < 4.78 is 17.6. The van der Waals surface area contributed by atoms with Gasteiger partial charge in [0.15, 0.2) is 0 Å². The predicted molar refractivity (Wildman–Crippen MR) is 54.7 cm³/mol. The highest BCUT2D eigenvalue weighted by molar-refractivity contribution is 5.87. The first-order valence-electron chi connectivity index (χ1n) is 4.75. The summed E-state index contributed by atoms with van der Waals surface area (Å²) in [6.07, 6.45) is 2.93. The van der Waals surface area contributed by atoms with Gasteiger partial charge in [0.25, 0.3) is 0 Å². The first-order valence-corrected chi connectivity index (χ1v) is 4.75. The van der Waals surface area contributed by atoms with Gasteiger partial charge in [-0.05, 0) is 35.3 Å². The van der Waals surface area contributed by atoms with Crippen molar-refractivity contribution < 1.29 is 13.9 Å². The number of fused-ring (bicyclic) bond motifs is 1. The summed E-state index contributed by atoms with van der Waals surface area (Å²) in [6, 6.07) is 4.66. The van der Waals surface area contributed by atoms with Crippen LogP contribution in [0.5, 0.6) is 0 Å². The molecule has 0 N–H and O–H groups in total. The lowest BCUT2D eigenvalue weighted by Gasteiger charge is -2.04. The van der Waals surface area contributed by atoms with Gasteiger partial charge >= 0.3 is 5.97 Å². The Morgan fingerprint density at radius 1 is 1.53 bits per heavy atom. The molecule has 2 rings (SSSR count). The van der Waals surface area contributed by atoms with Crippen LogP contribution in [0.1, 0.15) is 17.5 Å². The van der Waals surface area contributed by atoms with Gasteiger partial charge in [-0.1, -0.05) is 12.1 Å². The number of ether oxygens (including phenoxy) is 1. The molecule has 0 aliphatic heterocycles. The molecular formula is C12H11FO2. The fourth-order valence-electron chi connectivity index (χ4n) is 1.76. The third kappa shape index (κ3) is 1.91. The Balaban J connectivity index is 2.26. The summed E-state index contributed by atoms with van der Waals surface area (Å²) in [5, 5.41) is 0. The fraction of sp³-hybridized carbons (Fsp3) is 0.250. The molecule has 1 aromatic rings. The van der Waals surface area contributed by atoms with E-state index in [0.717, 1.165) is 23.1 Å². The number of allylic oxidation sites excluding steroid dienone is 1. The first-order chi connectivity index (χ1) is 7.20. The number of benzene rings is 1. The molecule has 0 heterocycles. The minimum absolute atomic E-state index is 0.215. The molecule has 1 aromatic carbocycles. The topological polar surface area (TPSA) is 26.3 Å². The summed E-state index contributed by atoms with van der Waals surface area (Å²) in [4.78, 5) is 11.1. The van der Waals surface area contributed by atoms with Crippen LogP contribution in [0.25, 0.3) is 5.57 Å². The molecule has 1 aliphatic rings. The van der Waals surface area contributed by atoms with E-state index >= 15 is 0 Å². The van der Waals surface area contributed by atoms with Gasteiger partial charge in [0.05, 0.1) is 13.5 Å². The highest BCUT2D eigenvalue weighted by atomic mass is 19.1. The number of carbonyl (C=O) groups excluding carboxylic acids is 1. The molecule has 0 bridgehead atoms. The van der Waals surface area contributed by atoms with Crippen LogP contribution in [0, 0.1) is 5.82 Å². The summed E-state index contributed by atoms with van der Waals surface area (Å²) in [5.41, 5.74) is 2.76. The number of halogens is 1. The summed E-state index contributed by atoms with van der Waals surface area (Å²) in [6.45, 7) is 0. The van der Waals surface area contributed by atoms with Crippen molar-refractivity contribution in [2.75, 3.05) is 7.11 Å². The number of hydrogen-bond donors (Lipinski definition) is 0. The molecule has 0 amide bonds. The average molecular weight is 206 g/mol. The third-order valence-electron chi connectivity index (χ3n) is 2.55. The second-order valence-electron chi connectivity index (χ2n) is 3.49. The van der Waals surface area contributed by atoms with Gasteiger partial charge in [0, 0.05) is 0 Å². The van der Waals surface area contributed by atoms with Gasteiger partial charge in [-0.2, -0.15) is 0 Å². The molecule has 0 atom stereocenters. The Kier molecular flexibility index (Phi) is 2.54. The van der Waals surface area contributed by atoms with Crippen molar-refractivity contribution in [1.82, 2.24) is 0 Å². The van der Waals surface area contributed by atoms with Crippen LogP contribution in [0.3, 0.4) is 0 Å². The van der Waals surface area contributed by atoms with Crippen molar-refractivity contribution in [2.24, 2.45) is 0 Å². The second kappa shape index (κ2) is 3.85. The Morgan fingerprint density at radius 3 is 3.07 bits per heavy atom. The van der Waals surface area contributed by atoms with E-state index < -0.39 is 0 Å². The van der Waals surface area contributed by atoms with Crippen molar-refractivity contribution in [1.29, 1.82) is 0 Å². The molecule has 0 saturated carbocycles. The minimum Gasteiger partial charge on any atom is -0.469 e. The van der Waals surface area contributed by atoms with Crippen LogP contribution in [0.15, 0.2) is 24.3 Å². The highest BCUT2D eigenvalue weighted by Gasteiger charge is 2.17. The maximum absolute atomic E-state index is 13.0. The van der Waals surface area contributed by atoms with Crippen molar-refractivity contribution in [3.63, 3.8) is 0 Å². The SMILES string of the molecule is COC(=O)CC1=CCc2ccc(F)cc21. The van der Waals surface area contributed by atoms with Crippen LogP contribution in [-0.2, 0) is 16.0 Å². The monoisotopic (exact) mass is 206 g/mol. The van der Waals surface area contributed by atoms with E-state index in [4.69, 9.17) is 0 Å². The number of hydrogen-bond acceptors (Lipinski definition) is 2. The maximum atomic E-state index is 13.0. The van der Waals surface area contributed by atoms with Gasteiger partial charge in [-0.15, -0.1) is 0 Å². The van der Waals surface area contributed by atoms with Crippen LogP contribution < -0.4 is 0 Å². The fourth-order valence-corrected chi connectivity index (χ4v) is 1.76. The largest absolute Gasteiger partial charge is 0.469 e. The molecule has 0 saturated heterocycles. The third-order valence-corrected chi connectivity index (χ3v) is 2.55. The quantitative estimate of drug-likeness (QED) is 0.694. The smallest absolute Gasteiger partial charge is 0.309 e. The van der Waals surface area contributed by atoms with Crippen molar-refractivity contribution in [2.45, 2.75) is 12.8 Å². The standard InChI is InChI=1S/C12H11FO2/c1-15-12(14)6-9-3-2-8-4-5-10(13)7-11(8)9/h3-5,7H,2,6H2,1H3. The maximum Gasteiger partial charge on any atom is 0.309 e. The number of carbonyl (C=O) groups is 1. The Labute approximate surface area is 87.4 Å². The zero-order chi connectivity index (χ0) is 10.8. The van der Waals surface area contributed by atoms with E-state index in [1.54, 1.807) is 6.07 Å². The van der Waals surface area contributed by atoms with Crippen molar-refractivity contribution in [3.05, 3.63) is 41.2 Å². The van der Waals surface area contributed by atoms with E-state index in [9.17, 15) is 9.18 Å². The predicted octanol–water partition coefficient (Wildman–Crippen LogP) is 2.33. The van der Waals surface area contributed by atoms with Gasteiger partial charge in [0.2, 0.25) is 0 Å². The molecule has 0 radical (unpaired) electrons. The zero-order valence-electron chi connectivity index (χ0n) is 8.42. The number of rotatable bonds is 2. The average Bonchev–Trinajstić information content (AvgIpc) is 2.61. The molecule has 0 spiro atoms. The molecule has 78 valence electrons. The Bertz CT molecular complexity index is 435. The van der Waals surface area contributed by atoms with Crippen LogP contribution >= 0.6 is 0 Å². The number of esters is 1. The van der Waals surface area contributed by atoms with Gasteiger partial charge in [0.1, 0.15) is 5.82 Å². The second-order valence-corrected chi connectivity index (χ2v) is 3.49. The highest BCUT2D eigenvalue weighted by Crippen LogP contribution is 2.30. The Hall–Kier alpha value is -1.64. The lowest BCUT2D eigenvalue weighted by Crippen LogP contribution is -2.00. The van der Waals surface area contributed by atoms with Crippen LogP contribution in [-0.4, -0.2) is 13.1 Å². The van der Waals surface area contributed by atoms with Crippen LogP contribution in [0.4, 0.5) is 4.39 Å². The molecule has 1 aliphatic carbocycles. The molecule has 0 unspecified atom stereocenters. The molecule has 0 aromatic heterocycles. The molecule has 15 heavy (non-hydrogen) atoms.